The van der Waals surface area contributed by atoms with E-state index in [-0.39, 0.29) is 5.91 Å². The SMILES string of the molecule is COc1ccc2[nH]c(C)c(C(=O)N3CCCC(C)C3)c2c1. The molecule has 1 unspecified atom stereocenters. The van der Waals surface area contributed by atoms with Gasteiger partial charge in [0.1, 0.15) is 5.75 Å². The first-order chi connectivity index (χ1) is 10.1. The number of nitrogens with one attached hydrogen (secondary N) is 1. The van der Waals surface area contributed by atoms with Crippen molar-refractivity contribution in [2.45, 2.75) is 26.7 Å². The van der Waals surface area contributed by atoms with E-state index in [4.69, 9.17) is 4.74 Å². The van der Waals surface area contributed by atoms with E-state index >= 15 is 0 Å². The molecule has 1 atom stereocenters. The molecule has 4 heteroatoms. The molecule has 1 aliphatic heterocycles. The number of rotatable bonds is 2. The van der Waals surface area contributed by atoms with Crippen molar-refractivity contribution in [3.05, 3.63) is 29.5 Å². The number of carbonyl (C=O) groups is 1. The number of amides is 1. The summed E-state index contributed by atoms with van der Waals surface area (Å²) in [5.41, 5.74) is 2.71. The van der Waals surface area contributed by atoms with Crippen LogP contribution in [0.4, 0.5) is 0 Å². The predicted molar refractivity (Wildman–Crippen MR) is 83.9 cm³/mol. The van der Waals surface area contributed by atoms with E-state index < -0.39 is 0 Å². The number of aryl methyl sites for hydroxylation is 1. The first-order valence-corrected chi connectivity index (χ1v) is 7.55. The van der Waals surface area contributed by atoms with E-state index in [1.54, 1.807) is 7.11 Å². The van der Waals surface area contributed by atoms with Crippen molar-refractivity contribution in [1.29, 1.82) is 0 Å². The number of benzene rings is 1. The molecule has 112 valence electrons. The molecule has 1 amide bonds. The first kappa shape index (κ1) is 14.0. The minimum Gasteiger partial charge on any atom is -0.497 e. The van der Waals surface area contributed by atoms with Crippen molar-refractivity contribution in [3.8, 4) is 5.75 Å². The highest BCUT2D eigenvalue weighted by Crippen LogP contribution is 2.28. The lowest BCUT2D eigenvalue weighted by molar-refractivity contribution is 0.0684. The quantitative estimate of drug-likeness (QED) is 0.920. The molecular weight excluding hydrogens is 264 g/mol. The summed E-state index contributed by atoms with van der Waals surface area (Å²) in [6, 6.07) is 5.83. The monoisotopic (exact) mass is 286 g/mol. The normalized spacial score (nSPS) is 19.0. The molecule has 1 aliphatic rings. The average Bonchev–Trinajstić information content (AvgIpc) is 2.81. The van der Waals surface area contributed by atoms with Gasteiger partial charge in [0.25, 0.3) is 5.91 Å². The Hall–Kier alpha value is -1.97. The molecule has 1 saturated heterocycles. The number of piperidine rings is 1. The van der Waals surface area contributed by atoms with Gasteiger partial charge in [-0.05, 0) is 43.9 Å². The van der Waals surface area contributed by atoms with Gasteiger partial charge in [-0.15, -0.1) is 0 Å². The van der Waals surface area contributed by atoms with Crippen LogP contribution in [0.15, 0.2) is 18.2 Å². The number of H-pyrrole nitrogens is 1. The second kappa shape index (κ2) is 5.43. The lowest BCUT2D eigenvalue weighted by Gasteiger charge is -2.31. The maximum Gasteiger partial charge on any atom is 0.256 e. The zero-order chi connectivity index (χ0) is 15.0. The zero-order valence-corrected chi connectivity index (χ0v) is 12.9. The molecule has 1 aromatic heterocycles. The Bertz CT molecular complexity index is 675. The van der Waals surface area contributed by atoms with Crippen LogP contribution < -0.4 is 4.74 Å². The Morgan fingerprint density at radius 3 is 2.95 bits per heavy atom. The largest absolute Gasteiger partial charge is 0.497 e. The van der Waals surface area contributed by atoms with E-state index in [0.29, 0.717) is 5.92 Å². The molecule has 3 rings (SSSR count). The topological polar surface area (TPSA) is 45.3 Å². The van der Waals surface area contributed by atoms with Gasteiger partial charge in [-0.1, -0.05) is 6.92 Å². The van der Waals surface area contributed by atoms with Gasteiger partial charge in [0.15, 0.2) is 0 Å². The molecule has 0 bridgehead atoms. The molecule has 21 heavy (non-hydrogen) atoms. The van der Waals surface area contributed by atoms with E-state index in [1.807, 2.05) is 30.0 Å². The molecule has 2 heterocycles. The fraction of sp³-hybridized carbons (Fsp3) is 0.471. The Kier molecular flexibility index (Phi) is 3.62. The van der Waals surface area contributed by atoms with Crippen LogP contribution in [0.25, 0.3) is 10.9 Å². The number of nitrogens with zero attached hydrogens (tertiary/aromatic N) is 1. The summed E-state index contributed by atoms with van der Waals surface area (Å²) in [5.74, 6) is 1.50. The summed E-state index contributed by atoms with van der Waals surface area (Å²) >= 11 is 0. The molecule has 0 aliphatic carbocycles. The minimum absolute atomic E-state index is 0.138. The van der Waals surface area contributed by atoms with Gasteiger partial charge in [-0.25, -0.2) is 0 Å². The number of fused-ring (bicyclic) bond motifs is 1. The standard InChI is InChI=1S/C17H22N2O2/c1-11-5-4-8-19(10-11)17(20)16-12(2)18-15-7-6-13(21-3)9-14(15)16/h6-7,9,11,18H,4-5,8,10H2,1-3H3. The second-order valence-electron chi connectivity index (χ2n) is 6.04. The molecular formula is C17H22N2O2. The van der Waals surface area contributed by atoms with Gasteiger partial charge in [-0.3, -0.25) is 4.79 Å². The van der Waals surface area contributed by atoms with Gasteiger partial charge in [-0.2, -0.15) is 0 Å². The van der Waals surface area contributed by atoms with Gasteiger partial charge in [0.05, 0.1) is 12.7 Å². The highest BCUT2D eigenvalue weighted by Gasteiger charge is 2.25. The Morgan fingerprint density at radius 1 is 1.43 bits per heavy atom. The van der Waals surface area contributed by atoms with Crippen molar-refractivity contribution < 1.29 is 9.53 Å². The maximum absolute atomic E-state index is 12.9. The number of methoxy groups -OCH3 is 1. The summed E-state index contributed by atoms with van der Waals surface area (Å²) in [6.45, 7) is 5.89. The fourth-order valence-corrected chi connectivity index (χ4v) is 3.24. The Morgan fingerprint density at radius 2 is 2.24 bits per heavy atom. The van der Waals surface area contributed by atoms with Gasteiger partial charge >= 0.3 is 0 Å². The molecule has 1 aromatic carbocycles. The van der Waals surface area contributed by atoms with Crippen LogP contribution in [0.5, 0.6) is 5.75 Å². The molecule has 2 aromatic rings. The molecule has 4 nitrogen and oxygen atoms in total. The van der Waals surface area contributed by atoms with Crippen molar-refractivity contribution in [3.63, 3.8) is 0 Å². The highest BCUT2D eigenvalue weighted by atomic mass is 16.5. The number of carbonyl (C=O) groups excluding carboxylic acids is 1. The number of likely N-dealkylation sites (tertiary alicyclic amines) is 1. The predicted octanol–water partition coefficient (Wildman–Crippen LogP) is 3.36. The van der Waals surface area contributed by atoms with Crippen molar-refractivity contribution in [2.75, 3.05) is 20.2 Å². The minimum atomic E-state index is 0.138. The molecule has 1 fully saturated rings. The third-order valence-electron chi connectivity index (χ3n) is 4.35. The lowest BCUT2D eigenvalue weighted by Crippen LogP contribution is -2.39. The number of hydrogen-bond donors (Lipinski definition) is 1. The van der Waals surface area contributed by atoms with Crippen LogP contribution in [0.2, 0.25) is 0 Å². The number of aromatic nitrogens is 1. The van der Waals surface area contributed by atoms with Crippen molar-refractivity contribution in [2.24, 2.45) is 5.92 Å². The smallest absolute Gasteiger partial charge is 0.256 e. The van der Waals surface area contributed by atoms with Crippen LogP contribution in [0.3, 0.4) is 0 Å². The maximum atomic E-state index is 12.9. The average molecular weight is 286 g/mol. The molecule has 1 N–H and O–H groups in total. The summed E-state index contributed by atoms with van der Waals surface area (Å²) in [4.78, 5) is 18.2. The first-order valence-electron chi connectivity index (χ1n) is 7.55. The van der Waals surface area contributed by atoms with Crippen LogP contribution in [-0.4, -0.2) is 36.0 Å². The van der Waals surface area contributed by atoms with E-state index in [9.17, 15) is 4.79 Å². The van der Waals surface area contributed by atoms with Gasteiger partial charge < -0.3 is 14.6 Å². The fourth-order valence-electron chi connectivity index (χ4n) is 3.24. The van der Waals surface area contributed by atoms with Crippen LogP contribution >= 0.6 is 0 Å². The second-order valence-corrected chi connectivity index (χ2v) is 6.04. The highest BCUT2D eigenvalue weighted by molar-refractivity contribution is 6.08. The number of aromatic amines is 1. The third-order valence-corrected chi connectivity index (χ3v) is 4.35. The number of hydrogen-bond acceptors (Lipinski definition) is 2. The summed E-state index contributed by atoms with van der Waals surface area (Å²) in [7, 11) is 1.65. The summed E-state index contributed by atoms with van der Waals surface area (Å²) < 4.78 is 5.29. The van der Waals surface area contributed by atoms with E-state index in [1.165, 1.54) is 6.42 Å². The van der Waals surface area contributed by atoms with Crippen LogP contribution in [-0.2, 0) is 0 Å². The molecule has 0 saturated carbocycles. The summed E-state index contributed by atoms with van der Waals surface area (Å²) in [5, 5.41) is 0.954. The Labute approximate surface area is 125 Å². The lowest BCUT2D eigenvalue weighted by atomic mass is 9.99. The van der Waals surface area contributed by atoms with Crippen LogP contribution in [0, 0.1) is 12.8 Å². The van der Waals surface area contributed by atoms with Crippen LogP contribution in [0.1, 0.15) is 35.8 Å². The zero-order valence-electron chi connectivity index (χ0n) is 12.9. The number of ether oxygens (including phenoxy) is 1. The van der Waals surface area contributed by atoms with Crippen molar-refractivity contribution >= 4 is 16.8 Å². The molecule has 0 spiro atoms. The molecule has 0 radical (unpaired) electrons. The van der Waals surface area contributed by atoms with Gasteiger partial charge in [0, 0.05) is 29.7 Å². The Balaban J connectivity index is 2.02. The summed E-state index contributed by atoms with van der Waals surface area (Å²) in [6.07, 6.45) is 2.31. The third kappa shape index (κ3) is 2.50. The van der Waals surface area contributed by atoms with Gasteiger partial charge in [0.2, 0.25) is 0 Å². The van der Waals surface area contributed by atoms with E-state index in [2.05, 4.69) is 11.9 Å². The van der Waals surface area contributed by atoms with E-state index in [0.717, 1.165) is 47.4 Å². The van der Waals surface area contributed by atoms with Crippen molar-refractivity contribution in [1.82, 2.24) is 9.88 Å².